The van der Waals surface area contributed by atoms with Crippen LogP contribution in [0.15, 0.2) is 70.6 Å². The quantitative estimate of drug-likeness (QED) is 0.474. The molecule has 1 aromatic heterocycles. The SMILES string of the molecule is CC(=O)N1c2ccc(Oc3ccccc3)cc2Sc2cc([N+](=O)[O-])cnc21. The Balaban J connectivity index is 1.76. The zero-order valence-corrected chi connectivity index (χ0v) is 15.0. The molecule has 1 amide bonds. The van der Waals surface area contributed by atoms with E-state index in [1.165, 1.54) is 29.7 Å². The number of hydrogen-bond acceptors (Lipinski definition) is 6. The fourth-order valence-corrected chi connectivity index (χ4v) is 3.86. The number of anilines is 2. The van der Waals surface area contributed by atoms with Crippen LogP contribution in [0.5, 0.6) is 11.5 Å². The molecule has 0 N–H and O–H groups in total. The summed E-state index contributed by atoms with van der Waals surface area (Å²) in [4.78, 5) is 29.7. The minimum atomic E-state index is -0.504. The Kier molecular flexibility index (Phi) is 4.25. The fraction of sp³-hybridized carbons (Fsp3) is 0.0526. The lowest BCUT2D eigenvalue weighted by molar-refractivity contribution is -0.385. The number of amides is 1. The van der Waals surface area contributed by atoms with Crippen molar-refractivity contribution in [1.82, 2.24) is 4.98 Å². The largest absolute Gasteiger partial charge is 0.457 e. The number of hydrogen-bond donors (Lipinski definition) is 0. The van der Waals surface area contributed by atoms with E-state index in [-0.39, 0.29) is 11.6 Å². The average Bonchev–Trinajstić information content (AvgIpc) is 2.66. The summed E-state index contributed by atoms with van der Waals surface area (Å²) >= 11 is 1.32. The molecule has 0 spiro atoms. The van der Waals surface area contributed by atoms with Gasteiger partial charge in [0.2, 0.25) is 5.91 Å². The highest BCUT2D eigenvalue weighted by Crippen LogP contribution is 2.49. The number of aromatic nitrogens is 1. The predicted molar refractivity (Wildman–Crippen MR) is 101 cm³/mol. The van der Waals surface area contributed by atoms with Gasteiger partial charge in [-0.3, -0.25) is 19.8 Å². The molecule has 8 heteroatoms. The number of nitro groups is 1. The van der Waals surface area contributed by atoms with E-state index >= 15 is 0 Å². The van der Waals surface area contributed by atoms with E-state index in [1.54, 1.807) is 12.1 Å². The number of pyridine rings is 1. The smallest absolute Gasteiger partial charge is 0.288 e. The van der Waals surface area contributed by atoms with Crippen LogP contribution in [0.1, 0.15) is 6.92 Å². The van der Waals surface area contributed by atoms with Gasteiger partial charge >= 0.3 is 0 Å². The molecule has 134 valence electrons. The highest BCUT2D eigenvalue weighted by Gasteiger charge is 2.29. The highest BCUT2D eigenvalue weighted by atomic mass is 32.2. The molecule has 0 atom stereocenters. The van der Waals surface area contributed by atoms with Crippen LogP contribution in [0.4, 0.5) is 17.2 Å². The Bertz CT molecular complexity index is 1060. The summed E-state index contributed by atoms with van der Waals surface area (Å²) < 4.78 is 5.85. The standard InChI is InChI=1S/C19H13N3O4S/c1-12(23)21-16-8-7-15(26-14-5-3-2-4-6-14)10-17(16)27-18-9-13(22(24)25)11-20-19(18)21/h2-11H,1H3. The average molecular weight is 379 g/mol. The molecule has 1 aliphatic heterocycles. The van der Waals surface area contributed by atoms with Gasteiger partial charge in [-0.2, -0.15) is 0 Å². The maximum Gasteiger partial charge on any atom is 0.288 e. The van der Waals surface area contributed by atoms with E-state index in [4.69, 9.17) is 4.74 Å². The van der Waals surface area contributed by atoms with Gasteiger partial charge in [-0.25, -0.2) is 4.98 Å². The molecule has 0 bridgehead atoms. The third kappa shape index (κ3) is 3.22. The summed E-state index contributed by atoms with van der Waals surface area (Å²) in [5.41, 5.74) is 0.548. The van der Waals surface area contributed by atoms with Crippen LogP contribution < -0.4 is 9.64 Å². The Labute approximate surface area is 158 Å². The number of para-hydroxylation sites is 1. The first kappa shape index (κ1) is 17.0. The van der Waals surface area contributed by atoms with Gasteiger partial charge in [0.1, 0.15) is 17.7 Å². The summed E-state index contributed by atoms with van der Waals surface area (Å²) in [6.45, 7) is 1.43. The zero-order valence-electron chi connectivity index (χ0n) is 14.2. The molecule has 3 aromatic rings. The number of rotatable bonds is 3. The molecule has 0 aliphatic carbocycles. The first-order chi connectivity index (χ1) is 13.0. The second-order valence-electron chi connectivity index (χ2n) is 5.77. The first-order valence-electron chi connectivity index (χ1n) is 8.03. The summed E-state index contributed by atoms with van der Waals surface area (Å²) in [6, 6.07) is 16.1. The van der Waals surface area contributed by atoms with E-state index < -0.39 is 4.92 Å². The molecule has 2 heterocycles. The van der Waals surface area contributed by atoms with Crippen molar-refractivity contribution in [3.05, 3.63) is 70.9 Å². The van der Waals surface area contributed by atoms with Crippen LogP contribution >= 0.6 is 11.8 Å². The second kappa shape index (κ2) is 6.73. The third-order valence-electron chi connectivity index (χ3n) is 3.93. The minimum absolute atomic E-state index is 0.120. The van der Waals surface area contributed by atoms with Crippen LogP contribution in [0.3, 0.4) is 0 Å². The molecule has 27 heavy (non-hydrogen) atoms. The minimum Gasteiger partial charge on any atom is -0.457 e. The number of ether oxygens (including phenoxy) is 1. The van der Waals surface area contributed by atoms with Crippen LogP contribution in [0, 0.1) is 10.1 Å². The van der Waals surface area contributed by atoms with Crippen molar-refractivity contribution in [2.24, 2.45) is 0 Å². The molecular formula is C19H13N3O4S. The van der Waals surface area contributed by atoms with Gasteiger partial charge in [0.15, 0.2) is 5.82 Å². The molecule has 7 nitrogen and oxygen atoms in total. The summed E-state index contributed by atoms with van der Waals surface area (Å²) in [5.74, 6) is 1.47. The van der Waals surface area contributed by atoms with Gasteiger partial charge in [-0.15, -0.1) is 0 Å². The monoisotopic (exact) mass is 379 g/mol. The van der Waals surface area contributed by atoms with Gasteiger partial charge in [0.25, 0.3) is 5.69 Å². The van der Waals surface area contributed by atoms with Gasteiger partial charge in [-0.05, 0) is 30.3 Å². The van der Waals surface area contributed by atoms with Gasteiger partial charge in [-0.1, -0.05) is 30.0 Å². The third-order valence-corrected chi connectivity index (χ3v) is 4.99. The van der Waals surface area contributed by atoms with Crippen molar-refractivity contribution in [2.45, 2.75) is 16.7 Å². The zero-order chi connectivity index (χ0) is 19.0. The summed E-state index contributed by atoms with van der Waals surface area (Å²) in [5, 5.41) is 11.1. The Hall–Kier alpha value is -3.39. The number of nitrogens with zero attached hydrogens (tertiary/aromatic N) is 3. The van der Waals surface area contributed by atoms with Crippen LogP contribution in [-0.2, 0) is 4.79 Å². The molecule has 0 fully saturated rings. The van der Waals surface area contributed by atoms with E-state index in [1.807, 2.05) is 36.4 Å². The Morgan fingerprint density at radius 1 is 1.11 bits per heavy atom. The summed E-state index contributed by atoms with van der Waals surface area (Å²) in [7, 11) is 0. The van der Waals surface area contributed by atoms with E-state index in [0.29, 0.717) is 27.9 Å². The van der Waals surface area contributed by atoms with Gasteiger partial charge in [0.05, 0.1) is 15.5 Å². The molecule has 0 radical (unpaired) electrons. The molecule has 0 saturated heterocycles. The molecule has 2 aromatic carbocycles. The normalized spacial score (nSPS) is 12.1. The second-order valence-corrected chi connectivity index (χ2v) is 6.86. The van der Waals surface area contributed by atoms with E-state index in [0.717, 1.165) is 11.1 Å². The van der Waals surface area contributed by atoms with Crippen molar-refractivity contribution in [1.29, 1.82) is 0 Å². The van der Waals surface area contributed by atoms with Crippen molar-refractivity contribution in [3.63, 3.8) is 0 Å². The van der Waals surface area contributed by atoms with E-state index in [9.17, 15) is 14.9 Å². The molecule has 4 rings (SSSR count). The topological polar surface area (TPSA) is 85.6 Å². The summed E-state index contributed by atoms with van der Waals surface area (Å²) in [6.07, 6.45) is 1.16. The van der Waals surface area contributed by atoms with Crippen molar-refractivity contribution in [2.75, 3.05) is 4.90 Å². The number of carbonyl (C=O) groups excluding carboxylic acids is 1. The van der Waals surface area contributed by atoms with Crippen LogP contribution in [0.2, 0.25) is 0 Å². The number of carbonyl (C=O) groups is 1. The van der Waals surface area contributed by atoms with Gasteiger partial charge < -0.3 is 4.74 Å². The molecule has 0 unspecified atom stereocenters. The predicted octanol–water partition coefficient (Wildman–Crippen LogP) is 4.93. The number of fused-ring (bicyclic) bond motifs is 2. The molecular weight excluding hydrogens is 366 g/mol. The number of benzene rings is 2. The Morgan fingerprint density at radius 3 is 2.59 bits per heavy atom. The first-order valence-corrected chi connectivity index (χ1v) is 8.84. The molecule has 1 aliphatic rings. The van der Waals surface area contributed by atoms with Crippen molar-refractivity contribution in [3.8, 4) is 11.5 Å². The van der Waals surface area contributed by atoms with Crippen molar-refractivity contribution < 1.29 is 14.5 Å². The fourth-order valence-electron chi connectivity index (χ4n) is 2.77. The lowest BCUT2D eigenvalue weighted by atomic mass is 10.2. The van der Waals surface area contributed by atoms with Crippen LogP contribution in [-0.4, -0.2) is 15.8 Å². The lowest BCUT2D eigenvalue weighted by Crippen LogP contribution is -2.26. The maximum absolute atomic E-state index is 12.2. The highest BCUT2D eigenvalue weighted by molar-refractivity contribution is 7.99. The van der Waals surface area contributed by atoms with Crippen molar-refractivity contribution >= 4 is 34.9 Å². The molecule has 0 saturated carbocycles. The Morgan fingerprint density at radius 2 is 1.89 bits per heavy atom. The lowest BCUT2D eigenvalue weighted by Gasteiger charge is -2.29. The van der Waals surface area contributed by atoms with Gasteiger partial charge in [0, 0.05) is 17.9 Å². The van der Waals surface area contributed by atoms with Crippen LogP contribution in [0.25, 0.3) is 0 Å². The van der Waals surface area contributed by atoms with E-state index in [2.05, 4.69) is 4.98 Å². The maximum atomic E-state index is 12.2.